The number of hydrogen-bond donors (Lipinski definition) is 1. The highest BCUT2D eigenvalue weighted by atomic mass is 16.4. The molecule has 4 nitrogen and oxygen atoms in total. The van der Waals surface area contributed by atoms with E-state index < -0.39 is 12.0 Å². The van der Waals surface area contributed by atoms with Gasteiger partial charge in [-0.25, -0.2) is 4.79 Å². The van der Waals surface area contributed by atoms with E-state index in [9.17, 15) is 9.59 Å². The van der Waals surface area contributed by atoms with E-state index in [1.807, 2.05) is 6.08 Å². The fraction of sp³-hybridized carbons (Fsp3) is 0.667. The Kier molecular flexibility index (Phi) is 3.27. The summed E-state index contributed by atoms with van der Waals surface area (Å²) in [6.45, 7) is 0.607. The molecule has 1 aliphatic heterocycles. The van der Waals surface area contributed by atoms with E-state index in [0.717, 1.165) is 25.7 Å². The number of rotatable bonds is 2. The van der Waals surface area contributed by atoms with E-state index >= 15 is 0 Å². The number of allylic oxidation sites excluding steroid dienone is 2. The van der Waals surface area contributed by atoms with Gasteiger partial charge in [0.15, 0.2) is 0 Å². The van der Waals surface area contributed by atoms with Gasteiger partial charge in [-0.3, -0.25) is 4.79 Å². The molecule has 0 aromatic rings. The summed E-state index contributed by atoms with van der Waals surface area (Å²) in [5.41, 5.74) is 0. The van der Waals surface area contributed by atoms with Gasteiger partial charge in [-0.2, -0.15) is 0 Å². The first-order valence-corrected chi connectivity index (χ1v) is 5.88. The molecule has 4 heteroatoms. The van der Waals surface area contributed by atoms with Gasteiger partial charge in [0.2, 0.25) is 5.91 Å². The summed E-state index contributed by atoms with van der Waals surface area (Å²) in [6.07, 6.45) is 8.08. The monoisotopic (exact) mass is 223 g/mol. The Labute approximate surface area is 94.9 Å². The highest BCUT2D eigenvalue weighted by molar-refractivity contribution is 5.85. The van der Waals surface area contributed by atoms with Gasteiger partial charge < -0.3 is 10.0 Å². The molecule has 1 amide bonds. The standard InChI is InChI=1S/C12H17NO3/c14-11(9-5-2-1-3-6-9)13-8-4-7-10(13)12(15)16/h1-2,9-10H,3-8H2,(H,15,16)/t9?,10-/m0/s1. The van der Waals surface area contributed by atoms with E-state index in [2.05, 4.69) is 6.08 Å². The maximum Gasteiger partial charge on any atom is 0.326 e. The Bertz CT molecular complexity index is 324. The first kappa shape index (κ1) is 11.2. The molecular weight excluding hydrogens is 206 g/mol. The minimum absolute atomic E-state index is 0.00458. The molecule has 2 rings (SSSR count). The zero-order chi connectivity index (χ0) is 11.5. The van der Waals surface area contributed by atoms with Crippen LogP contribution < -0.4 is 0 Å². The lowest BCUT2D eigenvalue weighted by Gasteiger charge is -2.27. The maximum absolute atomic E-state index is 12.1. The highest BCUT2D eigenvalue weighted by Gasteiger charge is 2.36. The van der Waals surface area contributed by atoms with Crippen molar-refractivity contribution in [2.24, 2.45) is 5.92 Å². The summed E-state index contributed by atoms with van der Waals surface area (Å²) < 4.78 is 0. The van der Waals surface area contributed by atoms with Crippen molar-refractivity contribution in [3.05, 3.63) is 12.2 Å². The Balaban J connectivity index is 2.03. The SMILES string of the molecule is O=C(O)[C@@H]1CCCN1C(=O)C1CC=CCC1. The molecule has 0 radical (unpaired) electrons. The second-order valence-corrected chi connectivity index (χ2v) is 4.51. The van der Waals surface area contributed by atoms with E-state index in [4.69, 9.17) is 5.11 Å². The van der Waals surface area contributed by atoms with Crippen LogP contribution in [-0.2, 0) is 9.59 Å². The predicted molar refractivity (Wildman–Crippen MR) is 58.9 cm³/mol. The molecule has 88 valence electrons. The minimum Gasteiger partial charge on any atom is -0.480 e. The summed E-state index contributed by atoms with van der Waals surface area (Å²) >= 11 is 0. The first-order valence-electron chi connectivity index (χ1n) is 5.88. The molecule has 0 spiro atoms. The Morgan fingerprint density at radius 1 is 1.25 bits per heavy atom. The van der Waals surface area contributed by atoms with Gasteiger partial charge in [0.1, 0.15) is 6.04 Å². The van der Waals surface area contributed by atoms with Crippen LogP contribution in [0.5, 0.6) is 0 Å². The second-order valence-electron chi connectivity index (χ2n) is 4.51. The summed E-state index contributed by atoms with van der Waals surface area (Å²) in [5.74, 6) is -0.823. The molecule has 1 N–H and O–H groups in total. The molecule has 16 heavy (non-hydrogen) atoms. The average molecular weight is 223 g/mol. The smallest absolute Gasteiger partial charge is 0.326 e. The number of carboxylic acid groups (broad SMARTS) is 1. The number of hydrogen-bond acceptors (Lipinski definition) is 2. The second kappa shape index (κ2) is 4.68. The zero-order valence-electron chi connectivity index (χ0n) is 9.26. The van der Waals surface area contributed by atoms with E-state index in [1.165, 1.54) is 0 Å². The van der Waals surface area contributed by atoms with Crippen molar-refractivity contribution in [3.63, 3.8) is 0 Å². The van der Waals surface area contributed by atoms with Crippen molar-refractivity contribution in [3.8, 4) is 0 Å². The predicted octanol–water partition coefficient (Wildman–Crippen LogP) is 1.42. The third-order valence-corrected chi connectivity index (χ3v) is 3.44. The number of carboxylic acids is 1. The zero-order valence-corrected chi connectivity index (χ0v) is 9.26. The molecule has 1 saturated heterocycles. The summed E-state index contributed by atoms with van der Waals surface area (Å²) in [4.78, 5) is 24.7. The molecule has 0 saturated carbocycles. The molecule has 1 unspecified atom stereocenters. The molecular formula is C12H17NO3. The fourth-order valence-corrected chi connectivity index (χ4v) is 2.54. The quantitative estimate of drug-likeness (QED) is 0.720. The molecule has 0 aromatic carbocycles. The molecule has 0 bridgehead atoms. The van der Waals surface area contributed by atoms with Crippen molar-refractivity contribution in [1.82, 2.24) is 4.90 Å². The molecule has 1 aliphatic carbocycles. The molecule has 1 heterocycles. The van der Waals surface area contributed by atoms with Crippen LogP contribution in [0, 0.1) is 5.92 Å². The van der Waals surface area contributed by atoms with Gasteiger partial charge >= 0.3 is 5.97 Å². The van der Waals surface area contributed by atoms with Crippen molar-refractivity contribution in [2.45, 2.75) is 38.1 Å². The van der Waals surface area contributed by atoms with E-state index in [0.29, 0.717) is 13.0 Å². The third kappa shape index (κ3) is 2.10. The van der Waals surface area contributed by atoms with Crippen LogP contribution in [0.25, 0.3) is 0 Å². The molecule has 0 aromatic heterocycles. The van der Waals surface area contributed by atoms with Crippen LogP contribution in [-0.4, -0.2) is 34.5 Å². The average Bonchev–Trinajstić information content (AvgIpc) is 2.78. The number of amides is 1. The van der Waals surface area contributed by atoms with Crippen LogP contribution in [0.4, 0.5) is 0 Å². The van der Waals surface area contributed by atoms with Gasteiger partial charge in [-0.05, 0) is 32.1 Å². The molecule has 2 aliphatic rings. The van der Waals surface area contributed by atoms with Crippen molar-refractivity contribution in [1.29, 1.82) is 0 Å². The third-order valence-electron chi connectivity index (χ3n) is 3.44. The first-order chi connectivity index (χ1) is 7.70. The van der Waals surface area contributed by atoms with Crippen LogP contribution in [0.15, 0.2) is 12.2 Å². The number of likely N-dealkylation sites (tertiary alicyclic amines) is 1. The number of carbonyl (C=O) groups excluding carboxylic acids is 1. The van der Waals surface area contributed by atoms with Gasteiger partial charge in [0, 0.05) is 12.5 Å². The number of nitrogens with zero attached hydrogens (tertiary/aromatic N) is 1. The summed E-state index contributed by atoms with van der Waals surface area (Å²) in [7, 11) is 0. The summed E-state index contributed by atoms with van der Waals surface area (Å²) in [6, 6.07) is -0.585. The van der Waals surface area contributed by atoms with Crippen LogP contribution >= 0.6 is 0 Å². The largest absolute Gasteiger partial charge is 0.480 e. The van der Waals surface area contributed by atoms with Crippen molar-refractivity contribution < 1.29 is 14.7 Å². The van der Waals surface area contributed by atoms with E-state index in [-0.39, 0.29) is 11.8 Å². The molecule has 2 atom stereocenters. The fourth-order valence-electron chi connectivity index (χ4n) is 2.54. The van der Waals surface area contributed by atoms with Gasteiger partial charge in [0.05, 0.1) is 0 Å². The van der Waals surface area contributed by atoms with Crippen LogP contribution in [0.1, 0.15) is 32.1 Å². The Morgan fingerprint density at radius 2 is 2.06 bits per heavy atom. The lowest BCUT2D eigenvalue weighted by atomic mass is 9.93. The maximum atomic E-state index is 12.1. The normalized spacial score (nSPS) is 29.4. The molecule has 1 fully saturated rings. The van der Waals surface area contributed by atoms with Crippen LogP contribution in [0.2, 0.25) is 0 Å². The van der Waals surface area contributed by atoms with Gasteiger partial charge in [-0.1, -0.05) is 12.2 Å². The lowest BCUT2D eigenvalue weighted by molar-refractivity contribution is -0.150. The van der Waals surface area contributed by atoms with E-state index in [1.54, 1.807) is 4.90 Å². The topological polar surface area (TPSA) is 57.6 Å². The minimum atomic E-state index is -0.864. The summed E-state index contributed by atoms with van der Waals surface area (Å²) in [5, 5.41) is 9.02. The van der Waals surface area contributed by atoms with Crippen molar-refractivity contribution >= 4 is 11.9 Å². The number of aliphatic carboxylic acids is 1. The number of carbonyl (C=O) groups is 2. The Morgan fingerprint density at radius 3 is 2.69 bits per heavy atom. The van der Waals surface area contributed by atoms with Crippen molar-refractivity contribution in [2.75, 3.05) is 6.54 Å². The Hall–Kier alpha value is -1.32. The van der Waals surface area contributed by atoms with Crippen LogP contribution in [0.3, 0.4) is 0 Å². The van der Waals surface area contributed by atoms with Gasteiger partial charge in [0.25, 0.3) is 0 Å². The lowest BCUT2D eigenvalue weighted by Crippen LogP contribution is -2.43. The van der Waals surface area contributed by atoms with Gasteiger partial charge in [-0.15, -0.1) is 0 Å². The highest BCUT2D eigenvalue weighted by Crippen LogP contribution is 2.25.